The molecule has 2 aromatic rings. The molecule has 23 heavy (non-hydrogen) atoms. The lowest BCUT2D eigenvalue weighted by Crippen LogP contribution is -2.33. The summed E-state index contributed by atoms with van der Waals surface area (Å²) in [6.45, 7) is 2.33. The van der Waals surface area contributed by atoms with Gasteiger partial charge in [0, 0.05) is 18.7 Å². The molecule has 0 bridgehead atoms. The normalized spacial score (nSPS) is 11.3. The first kappa shape index (κ1) is 16.9. The molecule has 0 aliphatic carbocycles. The molecule has 1 amide bonds. The van der Waals surface area contributed by atoms with Gasteiger partial charge in [0.05, 0.1) is 6.61 Å². The van der Waals surface area contributed by atoms with Crippen molar-refractivity contribution < 1.29 is 14.3 Å². The van der Waals surface area contributed by atoms with Crippen molar-refractivity contribution >= 4 is 12.0 Å². The summed E-state index contributed by atoms with van der Waals surface area (Å²) in [6.07, 6.45) is 1.72. The van der Waals surface area contributed by atoms with Gasteiger partial charge in [-0.25, -0.2) is 4.39 Å². The Bertz CT molecular complexity index is 666. The van der Waals surface area contributed by atoms with Crippen molar-refractivity contribution in [2.24, 2.45) is 0 Å². The highest BCUT2D eigenvalue weighted by Crippen LogP contribution is 2.12. The number of rotatable bonds is 6. The van der Waals surface area contributed by atoms with Crippen LogP contribution >= 0.6 is 0 Å². The SMILES string of the molecule is C/C(=C/c1ccc(F)cc1)C(=O)N(CCO)Cc1ccccc1. The summed E-state index contributed by atoms with van der Waals surface area (Å²) >= 11 is 0. The van der Waals surface area contributed by atoms with Crippen LogP contribution in [0, 0.1) is 5.82 Å². The molecule has 1 N–H and O–H groups in total. The van der Waals surface area contributed by atoms with Crippen molar-refractivity contribution in [3.8, 4) is 0 Å². The van der Waals surface area contributed by atoms with E-state index in [4.69, 9.17) is 0 Å². The number of aliphatic hydroxyl groups excluding tert-OH is 1. The van der Waals surface area contributed by atoms with E-state index in [2.05, 4.69) is 0 Å². The molecule has 0 fully saturated rings. The minimum Gasteiger partial charge on any atom is -0.395 e. The first-order valence-corrected chi connectivity index (χ1v) is 7.48. The molecule has 0 heterocycles. The fourth-order valence-corrected chi connectivity index (χ4v) is 2.30. The molecular weight excluding hydrogens is 293 g/mol. The third-order valence-electron chi connectivity index (χ3n) is 3.46. The van der Waals surface area contributed by atoms with Crippen LogP contribution in [0.3, 0.4) is 0 Å². The fourth-order valence-electron chi connectivity index (χ4n) is 2.30. The quantitative estimate of drug-likeness (QED) is 0.832. The topological polar surface area (TPSA) is 40.5 Å². The highest BCUT2D eigenvalue weighted by molar-refractivity contribution is 5.97. The molecule has 3 nitrogen and oxygen atoms in total. The molecule has 2 rings (SSSR count). The maximum Gasteiger partial charge on any atom is 0.249 e. The summed E-state index contributed by atoms with van der Waals surface area (Å²) in [7, 11) is 0. The van der Waals surface area contributed by atoms with Crippen LogP contribution in [0.15, 0.2) is 60.2 Å². The van der Waals surface area contributed by atoms with E-state index in [0.29, 0.717) is 12.1 Å². The predicted molar refractivity (Wildman–Crippen MR) is 89.0 cm³/mol. The van der Waals surface area contributed by atoms with Gasteiger partial charge in [0.25, 0.3) is 0 Å². The van der Waals surface area contributed by atoms with E-state index in [0.717, 1.165) is 11.1 Å². The number of aliphatic hydroxyl groups is 1. The Labute approximate surface area is 135 Å². The van der Waals surface area contributed by atoms with Gasteiger partial charge in [-0.3, -0.25) is 4.79 Å². The van der Waals surface area contributed by atoms with E-state index in [1.807, 2.05) is 30.3 Å². The highest BCUT2D eigenvalue weighted by atomic mass is 19.1. The van der Waals surface area contributed by atoms with Crippen molar-refractivity contribution in [1.82, 2.24) is 4.90 Å². The molecule has 4 heteroatoms. The Morgan fingerprint density at radius 2 is 1.78 bits per heavy atom. The van der Waals surface area contributed by atoms with E-state index in [-0.39, 0.29) is 24.9 Å². The summed E-state index contributed by atoms with van der Waals surface area (Å²) in [5.74, 6) is -0.454. The molecule has 0 aromatic heterocycles. The molecule has 0 radical (unpaired) electrons. The zero-order valence-corrected chi connectivity index (χ0v) is 13.1. The van der Waals surface area contributed by atoms with Gasteiger partial charge < -0.3 is 10.0 Å². The van der Waals surface area contributed by atoms with E-state index in [1.54, 1.807) is 30.0 Å². The number of hydrogen-bond acceptors (Lipinski definition) is 2. The highest BCUT2D eigenvalue weighted by Gasteiger charge is 2.15. The second-order valence-corrected chi connectivity index (χ2v) is 5.31. The summed E-state index contributed by atoms with van der Waals surface area (Å²) in [4.78, 5) is 14.2. The first-order chi connectivity index (χ1) is 11.1. The zero-order valence-electron chi connectivity index (χ0n) is 13.1. The number of amides is 1. The van der Waals surface area contributed by atoms with Crippen LogP contribution in [-0.2, 0) is 11.3 Å². The Morgan fingerprint density at radius 3 is 2.39 bits per heavy atom. The summed E-state index contributed by atoms with van der Waals surface area (Å²) < 4.78 is 12.9. The third kappa shape index (κ3) is 5.04. The molecule has 0 unspecified atom stereocenters. The van der Waals surface area contributed by atoms with Crippen LogP contribution in [0.2, 0.25) is 0 Å². The monoisotopic (exact) mass is 313 g/mol. The first-order valence-electron chi connectivity index (χ1n) is 7.48. The Balaban J connectivity index is 2.14. The van der Waals surface area contributed by atoms with Crippen LogP contribution < -0.4 is 0 Å². The largest absolute Gasteiger partial charge is 0.395 e. The summed E-state index contributed by atoms with van der Waals surface area (Å²) in [5.41, 5.74) is 2.31. The molecule has 0 spiro atoms. The molecular formula is C19H20FNO2. The molecule has 0 aliphatic rings. The number of hydrogen-bond donors (Lipinski definition) is 1. The van der Waals surface area contributed by atoms with Crippen molar-refractivity contribution in [3.05, 3.63) is 77.1 Å². The van der Waals surface area contributed by atoms with Crippen molar-refractivity contribution in [2.75, 3.05) is 13.2 Å². The van der Waals surface area contributed by atoms with Gasteiger partial charge in [0.1, 0.15) is 5.82 Å². The number of nitrogens with zero attached hydrogens (tertiary/aromatic N) is 1. The maximum atomic E-state index is 12.9. The molecule has 0 atom stereocenters. The van der Waals surface area contributed by atoms with E-state index in [9.17, 15) is 14.3 Å². The Kier molecular flexibility index (Phi) is 6.06. The summed E-state index contributed by atoms with van der Waals surface area (Å²) in [6, 6.07) is 15.6. The summed E-state index contributed by atoms with van der Waals surface area (Å²) in [5, 5.41) is 9.21. The average molecular weight is 313 g/mol. The van der Waals surface area contributed by atoms with Gasteiger partial charge in [-0.15, -0.1) is 0 Å². The molecule has 2 aromatic carbocycles. The lowest BCUT2D eigenvalue weighted by molar-refractivity contribution is -0.128. The Hall–Kier alpha value is -2.46. The van der Waals surface area contributed by atoms with E-state index >= 15 is 0 Å². The lowest BCUT2D eigenvalue weighted by Gasteiger charge is -2.22. The van der Waals surface area contributed by atoms with Crippen molar-refractivity contribution in [2.45, 2.75) is 13.5 Å². The minimum absolute atomic E-state index is 0.0948. The molecule has 0 saturated heterocycles. The second-order valence-electron chi connectivity index (χ2n) is 5.31. The van der Waals surface area contributed by atoms with Crippen molar-refractivity contribution in [3.63, 3.8) is 0 Å². The van der Waals surface area contributed by atoms with Crippen molar-refractivity contribution in [1.29, 1.82) is 0 Å². The molecule has 0 aliphatic heterocycles. The van der Waals surface area contributed by atoms with Crippen LogP contribution in [0.1, 0.15) is 18.1 Å². The van der Waals surface area contributed by atoms with Crippen LogP contribution in [0.5, 0.6) is 0 Å². The van der Waals surface area contributed by atoms with Gasteiger partial charge in [-0.2, -0.15) is 0 Å². The lowest BCUT2D eigenvalue weighted by atomic mass is 10.1. The van der Waals surface area contributed by atoms with Crippen LogP contribution in [-0.4, -0.2) is 29.1 Å². The smallest absolute Gasteiger partial charge is 0.249 e. The third-order valence-corrected chi connectivity index (χ3v) is 3.46. The predicted octanol–water partition coefficient (Wildman–Crippen LogP) is 3.25. The van der Waals surface area contributed by atoms with E-state index < -0.39 is 0 Å². The average Bonchev–Trinajstić information content (AvgIpc) is 2.57. The minimum atomic E-state index is -0.308. The Morgan fingerprint density at radius 1 is 1.13 bits per heavy atom. The standard InChI is InChI=1S/C19H20FNO2/c1-15(13-16-7-9-18(20)10-8-16)19(23)21(11-12-22)14-17-5-3-2-4-6-17/h2-10,13,22H,11-12,14H2,1H3/b15-13-. The van der Waals surface area contributed by atoms with Gasteiger partial charge in [-0.05, 0) is 36.3 Å². The zero-order chi connectivity index (χ0) is 16.7. The van der Waals surface area contributed by atoms with Gasteiger partial charge in [0.15, 0.2) is 0 Å². The number of halogens is 1. The van der Waals surface area contributed by atoms with E-state index in [1.165, 1.54) is 12.1 Å². The van der Waals surface area contributed by atoms with Crippen LogP contribution in [0.25, 0.3) is 6.08 Å². The van der Waals surface area contributed by atoms with Crippen LogP contribution in [0.4, 0.5) is 4.39 Å². The second kappa shape index (κ2) is 8.25. The van der Waals surface area contributed by atoms with Gasteiger partial charge in [0.2, 0.25) is 5.91 Å². The van der Waals surface area contributed by atoms with Gasteiger partial charge >= 0.3 is 0 Å². The van der Waals surface area contributed by atoms with Gasteiger partial charge in [-0.1, -0.05) is 42.5 Å². The molecule has 120 valence electrons. The molecule has 0 saturated carbocycles. The number of carbonyl (C=O) groups excluding carboxylic acids is 1. The fraction of sp³-hybridized carbons (Fsp3) is 0.211. The number of benzene rings is 2. The number of carbonyl (C=O) groups is 1. The maximum absolute atomic E-state index is 12.9.